The van der Waals surface area contributed by atoms with Crippen LogP contribution in [0, 0.1) is 0 Å². The molecule has 3 atom stereocenters. The van der Waals surface area contributed by atoms with Crippen LogP contribution in [-0.2, 0) is 0 Å². The van der Waals surface area contributed by atoms with Crippen molar-refractivity contribution in [2.45, 2.75) is 24.9 Å². The normalized spacial score (nSPS) is 17.6. The van der Waals surface area contributed by atoms with Gasteiger partial charge in [0, 0.05) is 106 Å². The molecule has 0 saturated heterocycles. The van der Waals surface area contributed by atoms with E-state index in [0.717, 1.165) is 139 Å². The molecular weight excluding hydrogens is 1040 g/mol. The molecule has 0 fully saturated rings. The first-order valence-electron chi connectivity index (χ1n) is 29.5. The molecule has 85 heavy (non-hydrogen) atoms. The zero-order chi connectivity index (χ0) is 55.9. The molecule has 0 saturated carbocycles. The lowest BCUT2D eigenvalue weighted by atomic mass is 9.90. The summed E-state index contributed by atoms with van der Waals surface area (Å²) in [6.45, 7) is 2.86. The number of hydrogen-bond donors (Lipinski definition) is 0. The van der Waals surface area contributed by atoms with E-state index in [2.05, 4.69) is 294 Å². The van der Waals surface area contributed by atoms with Crippen molar-refractivity contribution in [1.29, 1.82) is 0 Å². The number of ether oxygens (including phenoxy) is 1. The molecule has 0 N–H and O–H groups in total. The van der Waals surface area contributed by atoms with Gasteiger partial charge in [0.2, 0.25) is 0 Å². The fourth-order valence-electron chi connectivity index (χ4n) is 14.5. The number of aromatic nitrogens is 2. The standard InChI is InChI=1S/C79H53N3O3/c1-48-20-14-21-49(54-28-15-33-64-57-25-5-11-41-72(57)83-77(54)64)47-80(69-38-8-2-22-53(48)69)50-44-51(81-70-39-9-3-23-55(70)60-29-16-31-62(75(60)81)67-36-18-34-65-58-26-6-12-42-73(58)84-78(65)67)46-52(45-50)82-71-40-10-4-24-56(71)61-30-17-32-63(76(61)82)68-37-19-35-66-59-27-7-13-43-74(59)85-79(66)68/h2-46,48,57,72H,47H2,1H3/b20-14-,49-21+. The number of allylic oxidation sites excluding steroid dienone is 5. The number of nitrogens with zero attached hydrogens (tertiary/aromatic N) is 3. The van der Waals surface area contributed by atoms with Crippen molar-refractivity contribution in [3.05, 3.63) is 290 Å². The van der Waals surface area contributed by atoms with Crippen LogP contribution in [0.4, 0.5) is 11.4 Å². The Hall–Kier alpha value is -10.8. The summed E-state index contributed by atoms with van der Waals surface area (Å²) in [4.78, 5) is 2.56. The molecule has 0 spiro atoms. The molecule has 4 aromatic heterocycles. The van der Waals surface area contributed by atoms with Crippen LogP contribution in [0.2, 0.25) is 0 Å². The van der Waals surface area contributed by atoms with Gasteiger partial charge in [-0.15, -0.1) is 0 Å². The third kappa shape index (κ3) is 7.18. The Morgan fingerprint density at radius 1 is 0.388 bits per heavy atom. The second-order valence-electron chi connectivity index (χ2n) is 23.0. The van der Waals surface area contributed by atoms with Crippen LogP contribution in [0.1, 0.15) is 35.4 Å². The summed E-state index contributed by atoms with van der Waals surface area (Å²) in [5.41, 5.74) is 21.1. The van der Waals surface area contributed by atoms with Crippen LogP contribution in [0.25, 0.3) is 127 Å². The summed E-state index contributed by atoms with van der Waals surface area (Å²) in [6, 6.07) is 84.2. The second kappa shape index (κ2) is 18.6. The summed E-state index contributed by atoms with van der Waals surface area (Å²) in [5, 5.41) is 9.06. The molecule has 402 valence electrons. The number of hydrogen-bond acceptors (Lipinski definition) is 4. The summed E-state index contributed by atoms with van der Waals surface area (Å²) >= 11 is 0. The molecule has 0 radical (unpaired) electrons. The molecule has 6 heteroatoms. The van der Waals surface area contributed by atoms with Crippen molar-refractivity contribution in [3.8, 4) is 39.4 Å². The van der Waals surface area contributed by atoms with E-state index in [1.54, 1.807) is 0 Å². The van der Waals surface area contributed by atoms with Crippen molar-refractivity contribution in [2.75, 3.05) is 11.4 Å². The highest BCUT2D eigenvalue weighted by molar-refractivity contribution is 6.19. The van der Waals surface area contributed by atoms with E-state index in [1.807, 2.05) is 0 Å². The number of benzene rings is 11. The number of furan rings is 2. The van der Waals surface area contributed by atoms with Gasteiger partial charge in [-0.1, -0.05) is 225 Å². The lowest BCUT2D eigenvalue weighted by molar-refractivity contribution is 0.268. The minimum atomic E-state index is -0.0467. The Labute approximate surface area is 489 Å². The first-order chi connectivity index (χ1) is 42.1. The maximum absolute atomic E-state index is 6.97. The summed E-state index contributed by atoms with van der Waals surface area (Å²) in [6.07, 6.45) is 15.6. The van der Waals surface area contributed by atoms with Crippen molar-refractivity contribution in [1.82, 2.24) is 9.13 Å². The summed E-state index contributed by atoms with van der Waals surface area (Å²) in [7, 11) is 0. The number of rotatable bonds is 6. The number of anilines is 2. The average molecular weight is 1090 g/mol. The monoisotopic (exact) mass is 1090 g/mol. The lowest BCUT2D eigenvalue weighted by Gasteiger charge is -2.31. The van der Waals surface area contributed by atoms with Crippen molar-refractivity contribution >= 4 is 104 Å². The molecule has 1 aliphatic carbocycles. The van der Waals surface area contributed by atoms with Crippen LogP contribution >= 0.6 is 0 Å². The minimum absolute atomic E-state index is 0.0467. The Kier molecular flexibility index (Phi) is 10.5. The molecule has 18 rings (SSSR count). The Morgan fingerprint density at radius 3 is 1.51 bits per heavy atom. The van der Waals surface area contributed by atoms with Gasteiger partial charge in [-0.05, 0) is 65.7 Å². The fraction of sp³-hybridized carbons (Fsp3) is 0.0633. The highest BCUT2D eigenvalue weighted by Gasteiger charge is 2.35. The summed E-state index contributed by atoms with van der Waals surface area (Å²) in [5.74, 6) is 1.22. The van der Waals surface area contributed by atoms with E-state index in [-0.39, 0.29) is 17.9 Å². The smallest absolute Gasteiger partial charge is 0.143 e. The van der Waals surface area contributed by atoms with E-state index in [1.165, 1.54) is 21.9 Å². The predicted octanol–water partition coefficient (Wildman–Crippen LogP) is 20.9. The van der Waals surface area contributed by atoms with Crippen LogP contribution < -0.4 is 9.64 Å². The van der Waals surface area contributed by atoms with Gasteiger partial charge in [0.1, 0.15) is 34.2 Å². The van der Waals surface area contributed by atoms with E-state index in [4.69, 9.17) is 13.6 Å². The van der Waals surface area contributed by atoms with E-state index >= 15 is 0 Å². The molecule has 6 heterocycles. The maximum atomic E-state index is 6.97. The molecule has 3 unspecified atom stereocenters. The highest BCUT2D eigenvalue weighted by atomic mass is 16.5. The van der Waals surface area contributed by atoms with Crippen molar-refractivity contribution < 1.29 is 13.6 Å². The second-order valence-corrected chi connectivity index (χ2v) is 23.0. The molecule has 15 aromatic rings. The lowest BCUT2D eigenvalue weighted by Crippen LogP contribution is -2.22. The third-order valence-corrected chi connectivity index (χ3v) is 18.3. The molecule has 2 aliphatic heterocycles. The van der Waals surface area contributed by atoms with Gasteiger partial charge < -0.3 is 27.6 Å². The Balaban J connectivity index is 0.950. The largest absolute Gasteiger partial charge is 0.484 e. The first-order valence-corrected chi connectivity index (χ1v) is 29.5. The molecule has 6 nitrogen and oxygen atoms in total. The zero-order valence-electron chi connectivity index (χ0n) is 46.5. The number of fused-ring (bicyclic) bond motifs is 16. The van der Waals surface area contributed by atoms with Crippen molar-refractivity contribution in [2.24, 2.45) is 0 Å². The van der Waals surface area contributed by atoms with Crippen LogP contribution in [0.15, 0.2) is 282 Å². The van der Waals surface area contributed by atoms with Gasteiger partial charge in [0.15, 0.2) is 0 Å². The SMILES string of the molecule is CC1/C=C\C=C(\c2cccc3c2OC2C=CC=CC32)CN(c2cc(-n3c4ccccc4c4cccc(-c5cccc6c5oc5ccccc56)c43)cc(-n3c4ccccc4c4cccc(-c5cccc6c5oc5ccccc56)c43)c2)c2ccccc21. The van der Waals surface area contributed by atoms with Crippen molar-refractivity contribution in [3.63, 3.8) is 0 Å². The minimum Gasteiger partial charge on any atom is -0.484 e. The molecule has 11 aromatic carbocycles. The van der Waals surface area contributed by atoms with Crippen LogP contribution in [-0.4, -0.2) is 21.8 Å². The van der Waals surface area contributed by atoms with Crippen LogP contribution in [0.5, 0.6) is 5.75 Å². The highest BCUT2D eigenvalue weighted by Crippen LogP contribution is 2.50. The summed E-state index contributed by atoms with van der Waals surface area (Å²) < 4.78 is 25.7. The van der Waals surface area contributed by atoms with Crippen LogP contribution in [0.3, 0.4) is 0 Å². The van der Waals surface area contributed by atoms with Gasteiger partial charge >= 0.3 is 0 Å². The van der Waals surface area contributed by atoms with Gasteiger partial charge in [-0.2, -0.15) is 0 Å². The Bertz CT molecular complexity index is 5190. The Morgan fingerprint density at radius 2 is 0.871 bits per heavy atom. The molecule has 0 amide bonds. The van der Waals surface area contributed by atoms with E-state index in [0.29, 0.717) is 6.54 Å². The van der Waals surface area contributed by atoms with E-state index < -0.39 is 0 Å². The van der Waals surface area contributed by atoms with Gasteiger partial charge in [0.25, 0.3) is 0 Å². The molecular formula is C79H53N3O3. The zero-order valence-corrected chi connectivity index (χ0v) is 46.5. The first kappa shape index (κ1) is 47.8. The average Bonchev–Trinajstić information content (AvgIpc) is 1.84. The molecule has 0 bridgehead atoms. The van der Waals surface area contributed by atoms with Gasteiger partial charge in [0.05, 0.1) is 33.4 Å². The number of para-hydroxylation sites is 10. The van der Waals surface area contributed by atoms with Gasteiger partial charge in [-0.25, -0.2) is 0 Å². The predicted molar refractivity (Wildman–Crippen MR) is 351 cm³/mol. The fourth-order valence-corrected chi connectivity index (χ4v) is 14.5. The van der Waals surface area contributed by atoms with E-state index in [9.17, 15) is 0 Å². The quantitative estimate of drug-likeness (QED) is 0.166. The topological polar surface area (TPSA) is 48.6 Å². The maximum Gasteiger partial charge on any atom is 0.143 e. The third-order valence-electron chi connectivity index (χ3n) is 18.3. The van der Waals surface area contributed by atoms with Gasteiger partial charge in [-0.3, -0.25) is 0 Å². The molecule has 3 aliphatic rings.